The summed E-state index contributed by atoms with van der Waals surface area (Å²) in [5.74, 6) is 0. The van der Waals surface area contributed by atoms with Crippen molar-refractivity contribution in [2.75, 3.05) is 19.6 Å². The van der Waals surface area contributed by atoms with E-state index in [0.717, 1.165) is 6.42 Å². The molecule has 0 N–H and O–H groups in total. The van der Waals surface area contributed by atoms with Crippen LogP contribution in [0.2, 0.25) is 0 Å². The first kappa shape index (κ1) is 11.7. The minimum atomic E-state index is 1.15. The van der Waals surface area contributed by atoms with Crippen LogP contribution < -0.4 is 0 Å². The largest absolute Gasteiger partial charge is 0.303 e. The molecule has 0 atom stereocenters. The van der Waals surface area contributed by atoms with Crippen LogP contribution >= 0.6 is 0 Å². The van der Waals surface area contributed by atoms with Gasteiger partial charge in [0.2, 0.25) is 0 Å². The van der Waals surface area contributed by atoms with Crippen LogP contribution in [0.3, 0.4) is 0 Å². The fraction of sp³-hybridized carbons (Fsp3) is 0.818. The van der Waals surface area contributed by atoms with Gasteiger partial charge in [-0.15, -0.1) is 6.58 Å². The average molecular weight is 169 g/mol. The standard InChI is InChI=1S/C11H23N/c1-5-7-9-12(6-2)10-8-11(3)4/h3,5-10H2,1-2,4H3. The molecular formula is C11H23N. The Hall–Kier alpha value is -0.300. The Balaban J connectivity index is 3.45. The van der Waals surface area contributed by atoms with Gasteiger partial charge in [0.25, 0.3) is 0 Å². The van der Waals surface area contributed by atoms with Gasteiger partial charge in [0.1, 0.15) is 0 Å². The van der Waals surface area contributed by atoms with Crippen LogP contribution in [0.25, 0.3) is 0 Å². The summed E-state index contributed by atoms with van der Waals surface area (Å²) < 4.78 is 0. The maximum atomic E-state index is 3.91. The lowest BCUT2D eigenvalue weighted by Gasteiger charge is -2.19. The van der Waals surface area contributed by atoms with E-state index in [1.165, 1.54) is 38.0 Å². The molecule has 1 heteroatoms. The molecule has 0 spiro atoms. The van der Waals surface area contributed by atoms with Crippen molar-refractivity contribution in [3.8, 4) is 0 Å². The number of nitrogens with zero attached hydrogens (tertiary/aromatic N) is 1. The molecule has 1 nitrogen and oxygen atoms in total. The van der Waals surface area contributed by atoms with Crippen LogP contribution in [-0.4, -0.2) is 24.5 Å². The summed E-state index contributed by atoms with van der Waals surface area (Å²) >= 11 is 0. The van der Waals surface area contributed by atoms with Crippen LogP contribution in [0.5, 0.6) is 0 Å². The summed E-state index contributed by atoms with van der Waals surface area (Å²) in [6.45, 7) is 14.1. The molecule has 0 aromatic carbocycles. The van der Waals surface area contributed by atoms with E-state index in [-0.39, 0.29) is 0 Å². The van der Waals surface area contributed by atoms with E-state index in [9.17, 15) is 0 Å². The van der Waals surface area contributed by atoms with Gasteiger partial charge < -0.3 is 4.90 Å². The van der Waals surface area contributed by atoms with E-state index < -0.39 is 0 Å². The normalized spacial score (nSPS) is 10.7. The van der Waals surface area contributed by atoms with Crippen molar-refractivity contribution < 1.29 is 0 Å². The monoisotopic (exact) mass is 169 g/mol. The van der Waals surface area contributed by atoms with Gasteiger partial charge in [-0.1, -0.05) is 25.8 Å². The van der Waals surface area contributed by atoms with Crippen molar-refractivity contribution in [2.24, 2.45) is 0 Å². The Bertz CT molecular complexity index is 118. The minimum Gasteiger partial charge on any atom is -0.303 e. The highest BCUT2D eigenvalue weighted by atomic mass is 15.1. The van der Waals surface area contributed by atoms with Crippen molar-refractivity contribution in [3.05, 3.63) is 12.2 Å². The topological polar surface area (TPSA) is 3.24 Å². The number of unbranched alkanes of at least 4 members (excludes halogenated alkanes) is 1. The minimum absolute atomic E-state index is 1.15. The van der Waals surface area contributed by atoms with Crippen molar-refractivity contribution in [1.82, 2.24) is 4.90 Å². The van der Waals surface area contributed by atoms with Crippen molar-refractivity contribution >= 4 is 0 Å². The van der Waals surface area contributed by atoms with E-state index >= 15 is 0 Å². The lowest BCUT2D eigenvalue weighted by molar-refractivity contribution is 0.287. The number of rotatable bonds is 7. The van der Waals surface area contributed by atoms with Gasteiger partial charge in [0, 0.05) is 6.54 Å². The Labute approximate surface area is 77.5 Å². The molecule has 0 heterocycles. The molecule has 0 unspecified atom stereocenters. The van der Waals surface area contributed by atoms with Crippen molar-refractivity contribution in [1.29, 1.82) is 0 Å². The maximum Gasteiger partial charge on any atom is 0.00182 e. The van der Waals surface area contributed by atoms with Gasteiger partial charge in [-0.25, -0.2) is 0 Å². The Morgan fingerprint density at radius 2 is 1.92 bits per heavy atom. The summed E-state index contributed by atoms with van der Waals surface area (Å²) in [5, 5.41) is 0. The third kappa shape index (κ3) is 6.41. The van der Waals surface area contributed by atoms with Gasteiger partial charge >= 0.3 is 0 Å². The molecule has 0 radical (unpaired) electrons. The van der Waals surface area contributed by atoms with Gasteiger partial charge in [-0.3, -0.25) is 0 Å². The molecule has 0 aliphatic heterocycles. The molecule has 0 rings (SSSR count). The Morgan fingerprint density at radius 1 is 1.25 bits per heavy atom. The van der Waals surface area contributed by atoms with Crippen LogP contribution in [-0.2, 0) is 0 Å². The van der Waals surface area contributed by atoms with E-state index in [2.05, 4.69) is 32.3 Å². The highest BCUT2D eigenvalue weighted by Crippen LogP contribution is 2.00. The second-order valence-electron chi connectivity index (χ2n) is 3.49. The van der Waals surface area contributed by atoms with Crippen molar-refractivity contribution in [2.45, 2.75) is 40.0 Å². The second kappa shape index (κ2) is 7.35. The van der Waals surface area contributed by atoms with E-state index in [1.54, 1.807) is 0 Å². The molecule has 0 aliphatic carbocycles. The molecule has 0 saturated heterocycles. The fourth-order valence-corrected chi connectivity index (χ4v) is 1.16. The van der Waals surface area contributed by atoms with Crippen LogP contribution in [0.15, 0.2) is 12.2 Å². The first-order valence-corrected chi connectivity index (χ1v) is 5.07. The first-order chi connectivity index (χ1) is 5.70. The van der Waals surface area contributed by atoms with E-state index in [0.29, 0.717) is 0 Å². The molecule has 0 bridgehead atoms. The zero-order chi connectivity index (χ0) is 9.40. The van der Waals surface area contributed by atoms with Crippen LogP contribution in [0.4, 0.5) is 0 Å². The highest BCUT2D eigenvalue weighted by molar-refractivity contribution is 4.88. The molecule has 0 aromatic rings. The zero-order valence-electron chi connectivity index (χ0n) is 8.90. The summed E-state index contributed by atoms with van der Waals surface area (Å²) in [7, 11) is 0. The Kier molecular flexibility index (Phi) is 7.17. The molecule has 0 saturated carbocycles. The predicted octanol–water partition coefficient (Wildman–Crippen LogP) is 3.07. The maximum absolute atomic E-state index is 3.91. The molecule has 0 aliphatic rings. The van der Waals surface area contributed by atoms with E-state index in [1.807, 2.05) is 0 Å². The van der Waals surface area contributed by atoms with Gasteiger partial charge in [0.05, 0.1) is 0 Å². The van der Waals surface area contributed by atoms with Gasteiger partial charge in [-0.2, -0.15) is 0 Å². The number of hydrogen-bond acceptors (Lipinski definition) is 1. The SMILES string of the molecule is C=C(C)CCN(CC)CCCC. The average Bonchev–Trinajstić information content (AvgIpc) is 2.05. The quantitative estimate of drug-likeness (QED) is 0.529. The fourth-order valence-electron chi connectivity index (χ4n) is 1.16. The second-order valence-corrected chi connectivity index (χ2v) is 3.49. The summed E-state index contributed by atoms with van der Waals surface area (Å²) in [6.07, 6.45) is 3.77. The smallest absolute Gasteiger partial charge is 0.00182 e. The molecule has 12 heavy (non-hydrogen) atoms. The van der Waals surface area contributed by atoms with Crippen LogP contribution in [0.1, 0.15) is 40.0 Å². The highest BCUT2D eigenvalue weighted by Gasteiger charge is 1.99. The van der Waals surface area contributed by atoms with E-state index in [4.69, 9.17) is 0 Å². The zero-order valence-corrected chi connectivity index (χ0v) is 8.90. The lowest BCUT2D eigenvalue weighted by atomic mass is 10.2. The summed E-state index contributed by atoms with van der Waals surface area (Å²) in [4.78, 5) is 2.50. The molecule has 0 aromatic heterocycles. The molecule has 0 fully saturated rings. The molecule has 0 amide bonds. The molecular weight excluding hydrogens is 146 g/mol. The molecule has 72 valence electrons. The summed E-state index contributed by atoms with van der Waals surface area (Å²) in [5.41, 5.74) is 1.30. The third-order valence-electron chi connectivity index (χ3n) is 2.13. The lowest BCUT2D eigenvalue weighted by Crippen LogP contribution is -2.25. The van der Waals surface area contributed by atoms with Crippen molar-refractivity contribution in [3.63, 3.8) is 0 Å². The number of hydrogen-bond donors (Lipinski definition) is 0. The van der Waals surface area contributed by atoms with Gasteiger partial charge in [-0.05, 0) is 32.9 Å². The van der Waals surface area contributed by atoms with Crippen LogP contribution in [0, 0.1) is 0 Å². The summed E-state index contributed by atoms with van der Waals surface area (Å²) in [6, 6.07) is 0. The Morgan fingerprint density at radius 3 is 2.33 bits per heavy atom. The first-order valence-electron chi connectivity index (χ1n) is 5.07. The third-order valence-corrected chi connectivity index (χ3v) is 2.13. The predicted molar refractivity (Wildman–Crippen MR) is 56.5 cm³/mol. The van der Waals surface area contributed by atoms with Gasteiger partial charge in [0.15, 0.2) is 0 Å².